The zero-order valence-electron chi connectivity index (χ0n) is 17.9. The van der Waals surface area contributed by atoms with Crippen LogP contribution in [0.2, 0.25) is 0 Å². The molecule has 160 valence electrons. The SMILES string of the molecule is CCn1c(-c2cc(NC(=O)CCc3cccc(OC)c3)n[nH]2)cc2c(OC)cccc21. The van der Waals surface area contributed by atoms with Crippen LogP contribution in [0.3, 0.4) is 0 Å². The number of nitrogens with one attached hydrogen (secondary N) is 2. The number of fused-ring (bicyclic) bond motifs is 1. The number of ether oxygens (including phenoxy) is 2. The number of aromatic amines is 1. The fourth-order valence-corrected chi connectivity index (χ4v) is 3.81. The van der Waals surface area contributed by atoms with Crippen molar-refractivity contribution in [2.75, 3.05) is 19.5 Å². The minimum absolute atomic E-state index is 0.0847. The molecule has 4 rings (SSSR count). The van der Waals surface area contributed by atoms with Crippen molar-refractivity contribution in [2.24, 2.45) is 0 Å². The first-order valence-corrected chi connectivity index (χ1v) is 10.3. The number of rotatable bonds is 8. The Kier molecular flexibility index (Phi) is 5.93. The highest BCUT2D eigenvalue weighted by Gasteiger charge is 2.15. The largest absolute Gasteiger partial charge is 0.497 e. The molecular weight excluding hydrogens is 392 g/mol. The predicted molar refractivity (Wildman–Crippen MR) is 122 cm³/mol. The van der Waals surface area contributed by atoms with Gasteiger partial charge in [0.1, 0.15) is 11.5 Å². The Labute approximate surface area is 181 Å². The summed E-state index contributed by atoms with van der Waals surface area (Å²) in [6, 6.07) is 17.7. The summed E-state index contributed by atoms with van der Waals surface area (Å²) in [4.78, 5) is 12.4. The normalized spacial score (nSPS) is 10.9. The highest BCUT2D eigenvalue weighted by molar-refractivity contribution is 5.93. The van der Waals surface area contributed by atoms with E-state index in [1.807, 2.05) is 42.5 Å². The van der Waals surface area contributed by atoms with E-state index in [9.17, 15) is 4.79 Å². The second-order valence-corrected chi connectivity index (χ2v) is 7.23. The van der Waals surface area contributed by atoms with Crippen molar-refractivity contribution < 1.29 is 14.3 Å². The van der Waals surface area contributed by atoms with Crippen LogP contribution in [0, 0.1) is 0 Å². The lowest BCUT2D eigenvalue weighted by Gasteiger charge is -2.06. The van der Waals surface area contributed by atoms with Gasteiger partial charge in [-0.25, -0.2) is 0 Å². The molecule has 0 aliphatic heterocycles. The minimum Gasteiger partial charge on any atom is -0.497 e. The smallest absolute Gasteiger partial charge is 0.225 e. The summed E-state index contributed by atoms with van der Waals surface area (Å²) in [7, 11) is 3.31. The van der Waals surface area contributed by atoms with Crippen molar-refractivity contribution in [1.82, 2.24) is 14.8 Å². The highest BCUT2D eigenvalue weighted by Crippen LogP contribution is 2.33. The average Bonchev–Trinajstić information content (AvgIpc) is 3.41. The Morgan fingerprint density at radius 3 is 2.71 bits per heavy atom. The number of nitrogens with zero attached hydrogens (tertiary/aromatic N) is 2. The van der Waals surface area contributed by atoms with Crippen LogP contribution in [0.15, 0.2) is 54.6 Å². The van der Waals surface area contributed by atoms with Crippen molar-refractivity contribution in [3.63, 3.8) is 0 Å². The summed E-state index contributed by atoms with van der Waals surface area (Å²) < 4.78 is 12.9. The van der Waals surface area contributed by atoms with Gasteiger partial charge in [0.2, 0.25) is 5.91 Å². The third kappa shape index (κ3) is 4.26. The number of hydrogen-bond donors (Lipinski definition) is 2. The molecule has 0 fully saturated rings. The summed E-state index contributed by atoms with van der Waals surface area (Å²) in [6.07, 6.45) is 0.992. The van der Waals surface area contributed by atoms with Gasteiger partial charge in [0.05, 0.1) is 31.1 Å². The molecule has 2 heterocycles. The summed E-state index contributed by atoms with van der Waals surface area (Å²) in [6.45, 7) is 2.90. The topological polar surface area (TPSA) is 81.2 Å². The molecule has 0 unspecified atom stereocenters. The van der Waals surface area contributed by atoms with Crippen molar-refractivity contribution in [3.05, 3.63) is 60.2 Å². The van der Waals surface area contributed by atoms with E-state index in [1.165, 1.54) is 0 Å². The molecule has 7 nitrogen and oxygen atoms in total. The molecule has 31 heavy (non-hydrogen) atoms. The first-order valence-electron chi connectivity index (χ1n) is 10.3. The molecule has 7 heteroatoms. The second kappa shape index (κ2) is 8.95. The van der Waals surface area contributed by atoms with Crippen LogP contribution < -0.4 is 14.8 Å². The van der Waals surface area contributed by atoms with Gasteiger partial charge in [-0.05, 0) is 49.2 Å². The number of H-pyrrole nitrogens is 1. The Bertz CT molecular complexity index is 1210. The maximum atomic E-state index is 12.4. The molecular formula is C24H26N4O3. The molecule has 1 amide bonds. The molecule has 0 saturated heterocycles. The fourth-order valence-electron chi connectivity index (χ4n) is 3.81. The Morgan fingerprint density at radius 1 is 1.10 bits per heavy atom. The first-order chi connectivity index (χ1) is 15.1. The molecule has 0 radical (unpaired) electrons. The van der Waals surface area contributed by atoms with Crippen molar-refractivity contribution in [2.45, 2.75) is 26.3 Å². The fraction of sp³-hybridized carbons (Fsp3) is 0.250. The van der Waals surface area contributed by atoms with Crippen LogP contribution in [-0.2, 0) is 17.8 Å². The Morgan fingerprint density at radius 2 is 1.94 bits per heavy atom. The maximum Gasteiger partial charge on any atom is 0.225 e. The molecule has 2 aromatic heterocycles. The van der Waals surface area contributed by atoms with E-state index in [1.54, 1.807) is 14.2 Å². The number of anilines is 1. The van der Waals surface area contributed by atoms with Gasteiger partial charge in [-0.15, -0.1) is 0 Å². The van der Waals surface area contributed by atoms with Gasteiger partial charge in [-0.3, -0.25) is 9.89 Å². The molecule has 4 aromatic rings. The average molecular weight is 418 g/mol. The van der Waals surface area contributed by atoms with Gasteiger partial charge in [0.25, 0.3) is 0 Å². The highest BCUT2D eigenvalue weighted by atomic mass is 16.5. The number of aryl methyl sites for hydroxylation is 2. The molecule has 0 spiro atoms. The van der Waals surface area contributed by atoms with E-state index < -0.39 is 0 Å². The number of methoxy groups -OCH3 is 2. The van der Waals surface area contributed by atoms with Crippen molar-refractivity contribution in [1.29, 1.82) is 0 Å². The van der Waals surface area contributed by atoms with Crippen LogP contribution in [-0.4, -0.2) is 34.9 Å². The lowest BCUT2D eigenvalue weighted by atomic mass is 10.1. The van der Waals surface area contributed by atoms with Crippen LogP contribution in [0.5, 0.6) is 11.5 Å². The van der Waals surface area contributed by atoms with Gasteiger partial charge < -0.3 is 19.4 Å². The molecule has 0 aliphatic carbocycles. The minimum atomic E-state index is -0.0847. The predicted octanol–water partition coefficient (Wildman–Crippen LogP) is 4.64. The number of benzene rings is 2. The third-order valence-corrected chi connectivity index (χ3v) is 5.34. The van der Waals surface area contributed by atoms with Gasteiger partial charge >= 0.3 is 0 Å². The zero-order valence-corrected chi connectivity index (χ0v) is 17.9. The van der Waals surface area contributed by atoms with Crippen LogP contribution in [0.25, 0.3) is 22.3 Å². The number of carbonyl (C=O) groups is 1. The van der Waals surface area contributed by atoms with E-state index in [0.29, 0.717) is 18.7 Å². The van der Waals surface area contributed by atoms with Gasteiger partial charge in [-0.1, -0.05) is 18.2 Å². The second-order valence-electron chi connectivity index (χ2n) is 7.23. The summed E-state index contributed by atoms with van der Waals surface area (Å²) in [5, 5.41) is 11.2. The maximum absolute atomic E-state index is 12.4. The van der Waals surface area contributed by atoms with Crippen LogP contribution >= 0.6 is 0 Å². The summed E-state index contributed by atoms with van der Waals surface area (Å²) in [5.41, 5.74) is 3.98. The quantitative estimate of drug-likeness (QED) is 0.437. The third-order valence-electron chi connectivity index (χ3n) is 5.34. The number of aromatic nitrogens is 3. The van der Waals surface area contributed by atoms with Crippen molar-refractivity contribution >= 4 is 22.6 Å². The lowest BCUT2D eigenvalue weighted by molar-refractivity contribution is -0.116. The first kappa shape index (κ1) is 20.5. The van der Waals surface area contributed by atoms with E-state index in [-0.39, 0.29) is 5.91 Å². The van der Waals surface area contributed by atoms with Crippen molar-refractivity contribution in [3.8, 4) is 22.9 Å². The molecule has 0 bridgehead atoms. The van der Waals surface area contributed by atoms with E-state index in [0.717, 1.165) is 45.9 Å². The molecule has 2 N–H and O–H groups in total. The number of carbonyl (C=O) groups excluding carboxylic acids is 1. The monoisotopic (exact) mass is 418 g/mol. The van der Waals surface area contributed by atoms with Gasteiger partial charge in [0, 0.05) is 24.4 Å². The molecule has 2 aromatic carbocycles. The van der Waals surface area contributed by atoms with Gasteiger partial charge in [-0.2, -0.15) is 5.10 Å². The van der Waals surface area contributed by atoms with Gasteiger partial charge in [0.15, 0.2) is 5.82 Å². The van der Waals surface area contributed by atoms with E-state index in [4.69, 9.17) is 9.47 Å². The lowest BCUT2D eigenvalue weighted by Crippen LogP contribution is -2.12. The van der Waals surface area contributed by atoms with Crippen LogP contribution in [0.4, 0.5) is 5.82 Å². The Balaban J connectivity index is 1.49. The summed E-state index contributed by atoms with van der Waals surface area (Å²) in [5.74, 6) is 2.04. The zero-order chi connectivity index (χ0) is 21.8. The standard InChI is InChI=1S/C24H26N4O3/c1-4-28-20-9-6-10-22(31-3)18(20)14-21(28)19-15-23(27-26-19)25-24(29)12-11-16-7-5-8-17(13-16)30-2/h5-10,13-15H,4,11-12H2,1-3H3,(H2,25,26,27,29). The van der Waals surface area contributed by atoms with E-state index in [2.05, 4.69) is 39.1 Å². The molecule has 0 aliphatic rings. The molecule has 0 saturated carbocycles. The Hall–Kier alpha value is -3.74. The number of amides is 1. The number of hydrogen-bond acceptors (Lipinski definition) is 4. The van der Waals surface area contributed by atoms with E-state index >= 15 is 0 Å². The van der Waals surface area contributed by atoms with Crippen LogP contribution in [0.1, 0.15) is 18.9 Å². The molecule has 0 atom stereocenters. The summed E-state index contributed by atoms with van der Waals surface area (Å²) >= 11 is 0.